The van der Waals surface area contributed by atoms with Crippen molar-refractivity contribution in [3.05, 3.63) is 46.8 Å². The third-order valence-electron chi connectivity index (χ3n) is 2.64. The van der Waals surface area contributed by atoms with Gasteiger partial charge in [0.2, 0.25) is 0 Å². The Balaban J connectivity index is 2.01. The van der Waals surface area contributed by atoms with Crippen LogP contribution in [-0.2, 0) is 12.7 Å². The van der Waals surface area contributed by atoms with Gasteiger partial charge in [-0.2, -0.15) is 13.2 Å². The van der Waals surface area contributed by atoms with Gasteiger partial charge in [-0.05, 0) is 31.2 Å². The van der Waals surface area contributed by atoms with Crippen molar-refractivity contribution in [1.29, 1.82) is 0 Å². The van der Waals surface area contributed by atoms with Crippen LogP contribution in [0.5, 0.6) is 0 Å². The van der Waals surface area contributed by atoms with Gasteiger partial charge >= 0.3 is 6.18 Å². The number of hydrogen-bond donors (Lipinski definition) is 1. The first-order chi connectivity index (χ1) is 9.38. The summed E-state index contributed by atoms with van der Waals surface area (Å²) in [4.78, 5) is 11.7. The lowest BCUT2D eigenvalue weighted by Crippen LogP contribution is -2.23. The minimum Gasteiger partial charge on any atom is -0.346 e. The normalized spacial score (nSPS) is 11.4. The Morgan fingerprint density at radius 2 is 1.90 bits per heavy atom. The summed E-state index contributed by atoms with van der Waals surface area (Å²) in [7, 11) is 0. The number of nitrogens with one attached hydrogen (secondary N) is 1. The molecule has 0 radical (unpaired) electrons. The lowest BCUT2D eigenvalue weighted by molar-refractivity contribution is -0.137. The zero-order valence-electron chi connectivity index (χ0n) is 10.4. The Labute approximate surface area is 111 Å². The second-order valence-electron chi connectivity index (χ2n) is 4.05. The van der Waals surface area contributed by atoms with Crippen molar-refractivity contribution < 1.29 is 22.6 Å². The van der Waals surface area contributed by atoms with Crippen LogP contribution in [-0.4, -0.2) is 16.2 Å². The van der Waals surface area contributed by atoms with Crippen molar-refractivity contribution in [2.75, 3.05) is 0 Å². The van der Waals surface area contributed by atoms with E-state index in [0.29, 0.717) is 11.4 Å². The molecule has 1 amide bonds. The molecule has 106 valence electrons. The molecule has 0 unspecified atom stereocenters. The van der Waals surface area contributed by atoms with Crippen LogP contribution in [0.25, 0.3) is 0 Å². The van der Waals surface area contributed by atoms with Gasteiger partial charge in [0.1, 0.15) is 11.4 Å². The molecular formula is C12H10F3N3O2. The van der Waals surface area contributed by atoms with E-state index in [2.05, 4.69) is 20.3 Å². The summed E-state index contributed by atoms with van der Waals surface area (Å²) in [6.07, 6.45) is -4.42. The van der Waals surface area contributed by atoms with Crippen LogP contribution >= 0.6 is 0 Å². The predicted octanol–water partition coefficient (Wildman–Crippen LogP) is 2.33. The van der Waals surface area contributed by atoms with Crippen LogP contribution in [0.4, 0.5) is 13.2 Å². The summed E-state index contributed by atoms with van der Waals surface area (Å²) in [6, 6.07) is 3.95. The lowest BCUT2D eigenvalue weighted by Gasteiger charge is -2.07. The fourth-order valence-corrected chi connectivity index (χ4v) is 1.49. The van der Waals surface area contributed by atoms with Gasteiger partial charge in [0.25, 0.3) is 5.91 Å². The molecule has 0 aliphatic heterocycles. The highest BCUT2D eigenvalue weighted by Gasteiger charge is 2.30. The molecule has 0 fully saturated rings. The number of halogens is 3. The van der Waals surface area contributed by atoms with Gasteiger partial charge in [-0.25, -0.2) is 4.63 Å². The molecule has 0 saturated heterocycles. The number of rotatable bonds is 3. The number of benzene rings is 1. The van der Waals surface area contributed by atoms with Crippen LogP contribution in [0, 0.1) is 6.92 Å². The minimum absolute atomic E-state index is 0.0924. The molecule has 20 heavy (non-hydrogen) atoms. The van der Waals surface area contributed by atoms with E-state index < -0.39 is 17.6 Å². The first kappa shape index (κ1) is 14.0. The Hall–Kier alpha value is -2.38. The van der Waals surface area contributed by atoms with Crippen molar-refractivity contribution in [3.63, 3.8) is 0 Å². The van der Waals surface area contributed by atoms with Crippen LogP contribution in [0.2, 0.25) is 0 Å². The number of nitrogens with zero attached hydrogens (tertiary/aromatic N) is 2. The van der Waals surface area contributed by atoms with E-state index in [1.54, 1.807) is 6.92 Å². The van der Waals surface area contributed by atoms with Gasteiger partial charge in [0, 0.05) is 5.56 Å². The molecule has 2 rings (SSSR count). The third kappa shape index (κ3) is 3.14. The minimum atomic E-state index is -4.42. The molecule has 0 spiro atoms. The Kier molecular flexibility index (Phi) is 3.73. The second kappa shape index (κ2) is 5.32. The number of amides is 1. The maximum Gasteiger partial charge on any atom is 0.416 e. The van der Waals surface area contributed by atoms with Gasteiger partial charge in [0.15, 0.2) is 0 Å². The van der Waals surface area contributed by atoms with Gasteiger partial charge in [0.05, 0.1) is 12.1 Å². The van der Waals surface area contributed by atoms with E-state index in [1.165, 1.54) is 0 Å². The monoisotopic (exact) mass is 285 g/mol. The van der Waals surface area contributed by atoms with Gasteiger partial charge in [-0.1, -0.05) is 10.3 Å². The molecule has 0 saturated carbocycles. The summed E-state index contributed by atoms with van der Waals surface area (Å²) in [5.41, 5.74) is 0.334. The second-order valence-corrected chi connectivity index (χ2v) is 4.05. The van der Waals surface area contributed by atoms with Crippen molar-refractivity contribution >= 4 is 5.91 Å². The van der Waals surface area contributed by atoms with Gasteiger partial charge in [-0.3, -0.25) is 4.79 Å². The first-order valence-corrected chi connectivity index (χ1v) is 5.61. The summed E-state index contributed by atoms with van der Waals surface area (Å²) in [5.74, 6) is -0.499. The zero-order valence-corrected chi connectivity index (χ0v) is 10.4. The summed E-state index contributed by atoms with van der Waals surface area (Å²) >= 11 is 0. The molecule has 1 aromatic heterocycles. The van der Waals surface area contributed by atoms with Crippen LogP contribution in [0.1, 0.15) is 27.3 Å². The molecule has 2 aromatic rings. The van der Waals surface area contributed by atoms with Crippen LogP contribution in [0.3, 0.4) is 0 Å². The Morgan fingerprint density at radius 1 is 1.25 bits per heavy atom. The SMILES string of the molecule is Cc1nonc1CNC(=O)c1ccc(C(F)(F)F)cc1. The van der Waals surface area contributed by atoms with Crippen LogP contribution in [0.15, 0.2) is 28.9 Å². The molecule has 1 N–H and O–H groups in total. The van der Waals surface area contributed by atoms with Gasteiger partial charge < -0.3 is 5.32 Å². The topological polar surface area (TPSA) is 68.0 Å². The molecule has 0 aliphatic rings. The van der Waals surface area contributed by atoms with E-state index >= 15 is 0 Å². The number of aromatic nitrogens is 2. The summed E-state index contributed by atoms with van der Waals surface area (Å²) < 4.78 is 41.6. The fourth-order valence-electron chi connectivity index (χ4n) is 1.49. The lowest BCUT2D eigenvalue weighted by atomic mass is 10.1. The molecule has 0 atom stereocenters. The van der Waals surface area contributed by atoms with Crippen molar-refractivity contribution in [2.24, 2.45) is 0 Å². The predicted molar refractivity (Wildman–Crippen MR) is 61.6 cm³/mol. The molecular weight excluding hydrogens is 275 g/mol. The summed E-state index contributed by atoms with van der Waals surface area (Å²) in [5, 5.41) is 9.64. The highest BCUT2D eigenvalue weighted by molar-refractivity contribution is 5.94. The molecule has 1 heterocycles. The van der Waals surface area contributed by atoms with Crippen molar-refractivity contribution in [3.8, 4) is 0 Å². The number of alkyl halides is 3. The number of carbonyl (C=O) groups is 1. The highest BCUT2D eigenvalue weighted by Crippen LogP contribution is 2.29. The Bertz CT molecular complexity index is 605. The highest BCUT2D eigenvalue weighted by atomic mass is 19.4. The van der Waals surface area contributed by atoms with E-state index in [9.17, 15) is 18.0 Å². The molecule has 8 heteroatoms. The number of carbonyl (C=O) groups excluding carboxylic acids is 1. The number of hydrogen-bond acceptors (Lipinski definition) is 4. The maximum absolute atomic E-state index is 12.4. The van der Waals surface area contributed by atoms with Crippen LogP contribution < -0.4 is 5.32 Å². The van der Waals surface area contributed by atoms with E-state index in [4.69, 9.17) is 0 Å². The van der Waals surface area contributed by atoms with Crippen molar-refractivity contribution in [2.45, 2.75) is 19.6 Å². The molecule has 0 aliphatic carbocycles. The first-order valence-electron chi connectivity index (χ1n) is 5.61. The molecule has 0 bridgehead atoms. The Morgan fingerprint density at radius 3 is 2.40 bits per heavy atom. The molecule has 5 nitrogen and oxygen atoms in total. The zero-order chi connectivity index (χ0) is 14.8. The average Bonchev–Trinajstić information content (AvgIpc) is 2.81. The van der Waals surface area contributed by atoms with E-state index in [1.807, 2.05) is 0 Å². The standard InChI is InChI=1S/C12H10F3N3O2/c1-7-10(18-20-17-7)6-16-11(19)8-2-4-9(5-3-8)12(13,14)15/h2-5H,6H2,1H3,(H,16,19). The van der Waals surface area contributed by atoms with E-state index in [0.717, 1.165) is 24.3 Å². The fraction of sp³-hybridized carbons (Fsp3) is 0.250. The smallest absolute Gasteiger partial charge is 0.346 e. The average molecular weight is 285 g/mol. The quantitative estimate of drug-likeness (QED) is 0.939. The summed E-state index contributed by atoms with van der Waals surface area (Å²) in [6.45, 7) is 1.76. The third-order valence-corrected chi connectivity index (χ3v) is 2.64. The largest absolute Gasteiger partial charge is 0.416 e. The van der Waals surface area contributed by atoms with Gasteiger partial charge in [-0.15, -0.1) is 0 Å². The molecule has 1 aromatic carbocycles. The number of aryl methyl sites for hydroxylation is 1. The van der Waals surface area contributed by atoms with Crippen molar-refractivity contribution in [1.82, 2.24) is 15.6 Å². The maximum atomic E-state index is 12.4. The van der Waals surface area contributed by atoms with E-state index in [-0.39, 0.29) is 12.1 Å².